The molecule has 2 N–H and O–H groups in total. The van der Waals surface area contributed by atoms with Crippen molar-refractivity contribution in [2.45, 2.75) is 0 Å². The van der Waals surface area contributed by atoms with Crippen LogP contribution in [0.3, 0.4) is 0 Å². The molecule has 0 atom stereocenters. The van der Waals surface area contributed by atoms with Gasteiger partial charge in [-0.05, 0) is 0 Å². The molecule has 0 bridgehead atoms. The van der Waals surface area contributed by atoms with Crippen molar-refractivity contribution in [3.8, 4) is 0 Å². The number of rotatable bonds is 0. The van der Waals surface area contributed by atoms with E-state index in [0.29, 0.717) is 4.73 Å². The van der Waals surface area contributed by atoms with Crippen LogP contribution in [0.25, 0.3) is 0 Å². The van der Waals surface area contributed by atoms with E-state index >= 15 is 0 Å². The molecule has 0 radical (unpaired) electrons. The van der Waals surface area contributed by atoms with E-state index in [1.54, 1.807) is 0 Å². The lowest BCUT2D eigenvalue weighted by Gasteiger charge is -2.05. The highest BCUT2D eigenvalue weighted by Crippen LogP contribution is 2.32. The van der Waals surface area contributed by atoms with Gasteiger partial charge in [-0.1, -0.05) is 46.4 Å². The number of nitrogens with one attached hydrogen (secondary N) is 1. The summed E-state index contributed by atoms with van der Waals surface area (Å²) in [5.41, 5.74) is -0.406. The minimum absolute atomic E-state index is 0.0429. The van der Waals surface area contributed by atoms with Crippen LogP contribution < -0.4 is 5.49 Å². The van der Waals surface area contributed by atoms with Gasteiger partial charge in [-0.3, -0.25) is 5.41 Å². The molecule has 0 fully saturated rings. The number of hydrogen-bond donors (Lipinski definition) is 2. The average molecular weight is 248 g/mol. The summed E-state index contributed by atoms with van der Waals surface area (Å²) in [5.74, 6) is 0. The van der Waals surface area contributed by atoms with Crippen LogP contribution in [0, 0.1) is 5.41 Å². The maximum Gasteiger partial charge on any atom is 0.182 e. The van der Waals surface area contributed by atoms with E-state index in [1.807, 2.05) is 0 Å². The Morgan fingerprint density at radius 2 is 1.50 bits per heavy atom. The van der Waals surface area contributed by atoms with Gasteiger partial charge in [-0.25, -0.2) is 0 Å². The lowest BCUT2D eigenvalue weighted by molar-refractivity contribution is 0.171. The highest BCUT2D eigenvalue weighted by Gasteiger charge is 2.14. The van der Waals surface area contributed by atoms with Gasteiger partial charge in [0.25, 0.3) is 0 Å². The molecule has 0 unspecified atom stereocenters. The molecular weight excluding hydrogens is 246 g/mol. The van der Waals surface area contributed by atoms with Crippen molar-refractivity contribution in [1.29, 1.82) is 5.41 Å². The van der Waals surface area contributed by atoms with E-state index < -0.39 is 5.49 Å². The summed E-state index contributed by atoms with van der Waals surface area (Å²) in [7, 11) is 0. The van der Waals surface area contributed by atoms with E-state index in [-0.39, 0.29) is 20.2 Å². The van der Waals surface area contributed by atoms with Gasteiger partial charge in [0.2, 0.25) is 0 Å². The van der Waals surface area contributed by atoms with Crippen molar-refractivity contribution in [3.05, 3.63) is 25.7 Å². The first-order valence-electron chi connectivity index (χ1n) is 2.65. The number of halogens is 4. The van der Waals surface area contributed by atoms with Crippen molar-refractivity contribution < 1.29 is 5.21 Å². The maximum atomic E-state index is 9.06. The van der Waals surface area contributed by atoms with Gasteiger partial charge in [0, 0.05) is 0 Å². The van der Waals surface area contributed by atoms with Gasteiger partial charge < -0.3 is 5.21 Å². The summed E-state index contributed by atoms with van der Waals surface area (Å²) < 4.78 is 0.345. The number of hydrogen-bond acceptors (Lipinski definition) is 2. The minimum Gasteiger partial charge on any atom is -0.425 e. The first-order valence-corrected chi connectivity index (χ1v) is 4.17. The molecule has 0 amide bonds. The smallest absolute Gasteiger partial charge is 0.182 e. The van der Waals surface area contributed by atoms with Crippen molar-refractivity contribution in [3.63, 3.8) is 0 Å². The third-order valence-electron chi connectivity index (χ3n) is 1.17. The molecule has 1 aromatic rings. The fourth-order valence-corrected chi connectivity index (χ4v) is 1.38. The highest BCUT2D eigenvalue weighted by atomic mass is 35.5. The fourth-order valence-electron chi connectivity index (χ4n) is 0.575. The Labute approximate surface area is 87.5 Å². The minimum atomic E-state index is -0.406. The monoisotopic (exact) mass is 246 g/mol. The molecule has 12 heavy (non-hydrogen) atoms. The Balaban J connectivity index is 3.73. The first kappa shape index (κ1) is 9.99. The maximum absolute atomic E-state index is 9.06. The summed E-state index contributed by atoms with van der Waals surface area (Å²) >= 11 is 22.1. The standard InChI is InChI=1S/C5H2Cl4N2O/c6-1-2(7)4(9)11(12)5(10)3(1)8/h10,12H. The molecular formula is C5H2Cl4N2O. The summed E-state index contributed by atoms with van der Waals surface area (Å²) in [6.45, 7) is 0. The van der Waals surface area contributed by atoms with Crippen LogP contribution in [0.4, 0.5) is 0 Å². The second-order valence-electron chi connectivity index (χ2n) is 1.89. The number of nitrogens with zero attached hydrogens (tertiary/aromatic N) is 1. The van der Waals surface area contributed by atoms with Crippen LogP contribution in [-0.4, -0.2) is 9.94 Å². The Morgan fingerprint density at radius 1 is 1.00 bits per heavy atom. The van der Waals surface area contributed by atoms with Crippen molar-refractivity contribution in [1.82, 2.24) is 4.73 Å². The largest absolute Gasteiger partial charge is 0.425 e. The van der Waals surface area contributed by atoms with Crippen LogP contribution in [0.5, 0.6) is 0 Å². The molecule has 1 rings (SSSR count). The Bertz CT molecular complexity index is 354. The van der Waals surface area contributed by atoms with Gasteiger partial charge >= 0.3 is 0 Å². The lowest BCUT2D eigenvalue weighted by atomic mass is 10.5. The molecule has 0 aliphatic carbocycles. The van der Waals surface area contributed by atoms with E-state index in [4.69, 9.17) is 57.0 Å². The normalized spacial score (nSPS) is 10.3. The second-order valence-corrected chi connectivity index (χ2v) is 3.39. The zero-order chi connectivity index (χ0) is 9.46. The predicted molar refractivity (Wildman–Crippen MR) is 47.5 cm³/mol. The van der Waals surface area contributed by atoms with Crippen molar-refractivity contribution >= 4 is 46.4 Å². The highest BCUT2D eigenvalue weighted by molar-refractivity contribution is 6.51. The lowest BCUT2D eigenvalue weighted by Crippen LogP contribution is -2.19. The van der Waals surface area contributed by atoms with E-state index in [9.17, 15) is 0 Å². The molecule has 0 aromatic carbocycles. The van der Waals surface area contributed by atoms with Crippen LogP contribution >= 0.6 is 46.4 Å². The number of pyridine rings is 1. The molecule has 7 heteroatoms. The molecule has 0 spiro atoms. The van der Waals surface area contributed by atoms with E-state index in [1.165, 1.54) is 0 Å². The summed E-state index contributed by atoms with van der Waals surface area (Å²) in [4.78, 5) is 0. The van der Waals surface area contributed by atoms with Gasteiger partial charge in [-0.2, -0.15) is 4.73 Å². The van der Waals surface area contributed by atoms with E-state index in [2.05, 4.69) is 0 Å². The summed E-state index contributed by atoms with van der Waals surface area (Å²) in [5, 5.41) is 15.7. The van der Waals surface area contributed by atoms with Crippen LogP contribution in [0.15, 0.2) is 0 Å². The zero-order valence-corrected chi connectivity index (χ0v) is 8.43. The Morgan fingerprint density at radius 3 is 2.00 bits per heavy atom. The summed E-state index contributed by atoms with van der Waals surface area (Å²) in [6, 6.07) is 0. The Hall–Kier alpha value is -0.0900. The summed E-state index contributed by atoms with van der Waals surface area (Å²) in [6.07, 6.45) is 0. The van der Waals surface area contributed by atoms with Gasteiger partial charge in [-0.15, -0.1) is 0 Å². The third-order valence-corrected chi connectivity index (χ3v) is 2.93. The third kappa shape index (κ3) is 1.38. The molecule has 1 aromatic heterocycles. The van der Waals surface area contributed by atoms with Gasteiger partial charge in [0.1, 0.15) is 5.02 Å². The Kier molecular flexibility index (Phi) is 2.78. The van der Waals surface area contributed by atoms with Crippen molar-refractivity contribution in [2.75, 3.05) is 0 Å². The number of aromatic nitrogens is 1. The molecule has 0 aliphatic heterocycles. The van der Waals surface area contributed by atoms with Crippen LogP contribution in [0.2, 0.25) is 20.2 Å². The van der Waals surface area contributed by atoms with Crippen LogP contribution in [-0.2, 0) is 0 Å². The van der Waals surface area contributed by atoms with Crippen molar-refractivity contribution in [2.24, 2.45) is 0 Å². The van der Waals surface area contributed by atoms with E-state index in [0.717, 1.165) is 0 Å². The van der Waals surface area contributed by atoms with Gasteiger partial charge in [0.05, 0.1) is 10.0 Å². The SMILES string of the molecule is N=c1c(Cl)c(Cl)c(Cl)c(Cl)n1O. The fraction of sp³-hybridized carbons (Fsp3) is 0. The molecule has 1 heterocycles. The first-order chi connectivity index (χ1) is 5.46. The van der Waals surface area contributed by atoms with Gasteiger partial charge in [0.15, 0.2) is 10.6 Å². The van der Waals surface area contributed by atoms with Crippen LogP contribution in [0.1, 0.15) is 0 Å². The molecule has 0 saturated heterocycles. The topological polar surface area (TPSA) is 49.0 Å². The molecule has 3 nitrogen and oxygen atoms in total. The molecule has 0 aliphatic rings. The second kappa shape index (κ2) is 3.34. The predicted octanol–water partition coefficient (Wildman–Crippen LogP) is 2.82. The zero-order valence-electron chi connectivity index (χ0n) is 5.41. The molecule has 66 valence electrons. The quantitative estimate of drug-likeness (QED) is 0.538. The average Bonchev–Trinajstić information content (AvgIpc) is 2.08. The molecule has 0 saturated carbocycles.